The molecule has 1 aliphatic carbocycles. The summed E-state index contributed by atoms with van der Waals surface area (Å²) in [5.74, 6) is 0. The molecule has 0 saturated carbocycles. The second kappa shape index (κ2) is 7.48. The number of nitriles is 1. The van der Waals surface area contributed by atoms with E-state index in [9.17, 15) is 10.1 Å². The quantitative estimate of drug-likeness (QED) is 0.558. The third-order valence-electron chi connectivity index (χ3n) is 6.12. The molecule has 9 heteroatoms. The number of ether oxygens (including phenoxy) is 1. The van der Waals surface area contributed by atoms with E-state index in [1.165, 1.54) is 0 Å². The number of hydrogen-bond donors (Lipinski definition) is 0. The highest BCUT2D eigenvalue weighted by molar-refractivity contribution is 7.18. The standard InChI is InChI=1S/C23H24N6O2S/c1-22(2,3)31-21(30)29-7-5-15-17(10-29)32-20-18(15)19(27-13-28-20)23(11-24)6-4-16-14(8-23)9-25-12-26-16/h9,12-13H,4-8,10H2,1-3H3. The van der Waals surface area contributed by atoms with Crippen molar-refractivity contribution in [1.82, 2.24) is 24.8 Å². The molecule has 1 aliphatic heterocycles. The molecule has 3 aromatic heterocycles. The van der Waals surface area contributed by atoms with Crippen LogP contribution in [0.3, 0.4) is 0 Å². The third kappa shape index (κ3) is 3.48. The summed E-state index contributed by atoms with van der Waals surface area (Å²) in [4.78, 5) is 34.0. The Morgan fingerprint density at radius 1 is 1.25 bits per heavy atom. The van der Waals surface area contributed by atoms with Crippen LogP contribution in [0.15, 0.2) is 18.9 Å². The summed E-state index contributed by atoms with van der Waals surface area (Å²) in [6.07, 6.45) is 7.24. The number of hydrogen-bond acceptors (Lipinski definition) is 8. The van der Waals surface area contributed by atoms with E-state index in [0.717, 1.165) is 44.0 Å². The van der Waals surface area contributed by atoms with E-state index >= 15 is 0 Å². The smallest absolute Gasteiger partial charge is 0.410 e. The highest BCUT2D eigenvalue weighted by Gasteiger charge is 2.41. The Labute approximate surface area is 190 Å². The molecule has 0 aromatic carbocycles. The van der Waals surface area contributed by atoms with Crippen LogP contribution >= 0.6 is 11.3 Å². The molecule has 0 fully saturated rings. The van der Waals surface area contributed by atoms with Gasteiger partial charge >= 0.3 is 6.09 Å². The molecule has 5 rings (SSSR count). The summed E-state index contributed by atoms with van der Waals surface area (Å²) in [6.45, 7) is 6.67. The number of aryl methyl sites for hydroxylation is 1. The minimum Gasteiger partial charge on any atom is -0.444 e. The molecule has 8 nitrogen and oxygen atoms in total. The summed E-state index contributed by atoms with van der Waals surface area (Å²) in [6, 6.07) is 2.59. The van der Waals surface area contributed by atoms with Crippen LogP contribution in [0.1, 0.15) is 54.6 Å². The zero-order valence-corrected chi connectivity index (χ0v) is 19.2. The van der Waals surface area contributed by atoms with Crippen molar-refractivity contribution in [2.24, 2.45) is 0 Å². The zero-order chi connectivity index (χ0) is 22.5. The molecular weight excluding hydrogens is 424 g/mol. The number of thiophene rings is 1. The Hall–Kier alpha value is -3.12. The fraction of sp³-hybridized carbons (Fsp3) is 0.478. The summed E-state index contributed by atoms with van der Waals surface area (Å²) >= 11 is 1.58. The number of nitrogens with zero attached hydrogens (tertiary/aromatic N) is 6. The molecule has 2 aliphatic rings. The first-order chi connectivity index (χ1) is 15.3. The van der Waals surface area contributed by atoms with Crippen LogP contribution in [0.2, 0.25) is 0 Å². The van der Waals surface area contributed by atoms with Gasteiger partial charge in [-0.25, -0.2) is 24.7 Å². The van der Waals surface area contributed by atoms with Crippen molar-refractivity contribution < 1.29 is 9.53 Å². The fourth-order valence-corrected chi connectivity index (χ4v) is 5.83. The van der Waals surface area contributed by atoms with E-state index in [4.69, 9.17) is 4.74 Å². The van der Waals surface area contributed by atoms with E-state index in [2.05, 4.69) is 26.0 Å². The third-order valence-corrected chi connectivity index (χ3v) is 7.24. The largest absolute Gasteiger partial charge is 0.444 e. The van der Waals surface area contributed by atoms with Crippen molar-refractivity contribution in [2.75, 3.05) is 6.54 Å². The van der Waals surface area contributed by atoms with Gasteiger partial charge in [-0.3, -0.25) is 0 Å². The summed E-state index contributed by atoms with van der Waals surface area (Å²) in [5, 5.41) is 11.3. The van der Waals surface area contributed by atoms with E-state index in [1.54, 1.807) is 28.9 Å². The second-order valence-electron chi connectivity index (χ2n) is 9.42. The average molecular weight is 449 g/mol. The zero-order valence-electron chi connectivity index (χ0n) is 18.4. The van der Waals surface area contributed by atoms with Crippen molar-refractivity contribution in [2.45, 2.75) is 64.0 Å². The molecule has 0 saturated heterocycles. The Bertz CT molecular complexity index is 1260. The number of carbonyl (C=O) groups is 1. The summed E-state index contributed by atoms with van der Waals surface area (Å²) < 4.78 is 5.56. The highest BCUT2D eigenvalue weighted by atomic mass is 32.1. The predicted octanol–water partition coefficient (Wildman–Crippen LogP) is 3.72. The molecular formula is C23H24N6O2S. The lowest BCUT2D eigenvalue weighted by molar-refractivity contribution is 0.0227. The van der Waals surface area contributed by atoms with Gasteiger partial charge in [0.25, 0.3) is 0 Å². The van der Waals surface area contributed by atoms with Gasteiger partial charge in [-0.2, -0.15) is 5.26 Å². The normalized spacial score (nSPS) is 20.4. The van der Waals surface area contributed by atoms with Gasteiger partial charge in [0.05, 0.1) is 18.3 Å². The van der Waals surface area contributed by atoms with Crippen LogP contribution in [-0.2, 0) is 36.0 Å². The summed E-state index contributed by atoms with van der Waals surface area (Å²) in [5.41, 5.74) is 2.70. The maximum absolute atomic E-state index is 12.6. The second-order valence-corrected chi connectivity index (χ2v) is 10.5. The Balaban J connectivity index is 1.54. The molecule has 1 amide bonds. The Morgan fingerprint density at radius 3 is 2.88 bits per heavy atom. The van der Waals surface area contributed by atoms with Gasteiger partial charge < -0.3 is 9.64 Å². The average Bonchev–Trinajstić information content (AvgIpc) is 3.15. The van der Waals surface area contributed by atoms with Gasteiger partial charge in [0, 0.05) is 35.1 Å². The van der Waals surface area contributed by atoms with E-state index in [1.807, 2.05) is 27.0 Å². The number of carbonyl (C=O) groups excluding carboxylic acids is 1. The SMILES string of the molecule is CC(C)(C)OC(=O)N1CCc2c(sc3ncnc(C4(C#N)CCc5ncncc5C4)c23)C1. The lowest BCUT2D eigenvalue weighted by Gasteiger charge is -2.32. The number of amides is 1. The molecule has 3 aromatic rings. The van der Waals surface area contributed by atoms with Gasteiger partial charge in [0.2, 0.25) is 0 Å². The molecule has 0 bridgehead atoms. The topological polar surface area (TPSA) is 105 Å². The first kappa shape index (κ1) is 20.8. The minimum atomic E-state index is -0.740. The molecule has 164 valence electrons. The van der Waals surface area contributed by atoms with E-state index in [0.29, 0.717) is 32.4 Å². The van der Waals surface area contributed by atoms with Crippen LogP contribution in [0.4, 0.5) is 4.79 Å². The number of aromatic nitrogens is 4. The Morgan fingerprint density at radius 2 is 2.09 bits per heavy atom. The van der Waals surface area contributed by atoms with Crippen LogP contribution in [0.5, 0.6) is 0 Å². The van der Waals surface area contributed by atoms with Crippen LogP contribution < -0.4 is 0 Å². The van der Waals surface area contributed by atoms with Crippen LogP contribution in [0, 0.1) is 11.3 Å². The van der Waals surface area contributed by atoms with Crippen molar-refractivity contribution in [1.29, 1.82) is 5.26 Å². The molecule has 32 heavy (non-hydrogen) atoms. The lowest BCUT2D eigenvalue weighted by Crippen LogP contribution is -2.39. The van der Waals surface area contributed by atoms with E-state index < -0.39 is 11.0 Å². The molecule has 4 heterocycles. The van der Waals surface area contributed by atoms with Gasteiger partial charge in [-0.15, -0.1) is 11.3 Å². The van der Waals surface area contributed by atoms with E-state index in [-0.39, 0.29) is 6.09 Å². The minimum absolute atomic E-state index is 0.302. The van der Waals surface area contributed by atoms with Crippen LogP contribution in [0.25, 0.3) is 10.2 Å². The molecule has 1 unspecified atom stereocenters. The van der Waals surface area contributed by atoms with Crippen molar-refractivity contribution in [3.63, 3.8) is 0 Å². The number of rotatable bonds is 1. The van der Waals surface area contributed by atoms with Gasteiger partial charge in [0.15, 0.2) is 0 Å². The van der Waals surface area contributed by atoms with Crippen molar-refractivity contribution in [3.8, 4) is 6.07 Å². The van der Waals surface area contributed by atoms with Crippen LogP contribution in [-0.4, -0.2) is 43.1 Å². The van der Waals surface area contributed by atoms with Crippen molar-refractivity contribution in [3.05, 3.63) is 46.2 Å². The molecule has 1 atom stereocenters. The molecule has 0 N–H and O–H groups in total. The van der Waals surface area contributed by atoms with Gasteiger partial charge in [0.1, 0.15) is 28.5 Å². The lowest BCUT2D eigenvalue weighted by atomic mass is 9.71. The van der Waals surface area contributed by atoms with Gasteiger partial charge in [-0.1, -0.05) is 0 Å². The summed E-state index contributed by atoms with van der Waals surface area (Å²) in [7, 11) is 0. The number of fused-ring (bicyclic) bond motifs is 4. The monoisotopic (exact) mass is 448 g/mol. The molecule has 0 radical (unpaired) electrons. The van der Waals surface area contributed by atoms with Gasteiger partial charge in [-0.05, 0) is 51.2 Å². The first-order valence-corrected chi connectivity index (χ1v) is 11.5. The molecule has 0 spiro atoms. The predicted molar refractivity (Wildman–Crippen MR) is 119 cm³/mol. The highest BCUT2D eigenvalue weighted by Crippen LogP contribution is 2.43. The van der Waals surface area contributed by atoms with Crippen molar-refractivity contribution >= 4 is 27.6 Å². The Kier molecular flexibility index (Phi) is 4.86. The fourth-order valence-electron chi connectivity index (χ4n) is 4.63. The maximum atomic E-state index is 12.6. The first-order valence-electron chi connectivity index (χ1n) is 10.7. The maximum Gasteiger partial charge on any atom is 0.410 e.